The molecule has 2 saturated heterocycles. The maximum Gasteiger partial charge on any atom is 0.330 e. The van der Waals surface area contributed by atoms with Gasteiger partial charge in [-0.2, -0.15) is 0 Å². The molecule has 66 heavy (non-hydrogen) atoms. The van der Waals surface area contributed by atoms with Crippen LogP contribution in [-0.2, 0) is 19.0 Å². The zero-order valence-corrected chi connectivity index (χ0v) is 34.6. The number of hydrogen-bond donors (Lipinski definition) is 14. The molecule has 360 valence electrons. The molecule has 2 fully saturated rings. The van der Waals surface area contributed by atoms with Crippen molar-refractivity contribution in [2.45, 2.75) is 92.9 Å². The highest BCUT2D eigenvalue weighted by Crippen LogP contribution is 2.38. The molecule has 6 rings (SSSR count). The highest BCUT2D eigenvalue weighted by molar-refractivity contribution is 5.88. The minimum Gasteiger partial charge on any atom is -0.508 e. The van der Waals surface area contributed by atoms with Crippen LogP contribution in [0, 0.1) is 5.92 Å². The molecule has 0 spiro atoms. The van der Waals surface area contributed by atoms with E-state index in [1.165, 1.54) is 61.5 Å². The van der Waals surface area contributed by atoms with E-state index in [-0.39, 0.29) is 22.8 Å². The van der Waals surface area contributed by atoms with Gasteiger partial charge in [-0.25, -0.2) is 4.79 Å². The second-order valence-corrected chi connectivity index (χ2v) is 15.6. The summed E-state index contributed by atoms with van der Waals surface area (Å²) in [7, 11) is 0. The molecule has 0 aliphatic carbocycles. The quantitative estimate of drug-likeness (QED) is 0.0283. The monoisotopic (exact) mass is 934 g/mol. The van der Waals surface area contributed by atoms with Gasteiger partial charge in [0, 0.05) is 29.7 Å². The Morgan fingerprint density at radius 2 is 1.27 bits per heavy atom. The Bertz CT molecular complexity index is 2330. The van der Waals surface area contributed by atoms with E-state index in [1.54, 1.807) is 0 Å². The number of ether oxygens (including phenoxy) is 6. The number of esters is 1. The molecule has 23 nitrogen and oxygen atoms in total. The normalized spacial score (nSPS) is 28.0. The molecule has 3 aromatic carbocycles. The molecule has 23 heteroatoms. The molecule has 2 aliphatic rings. The van der Waals surface area contributed by atoms with Gasteiger partial charge >= 0.3 is 5.97 Å². The fourth-order valence-electron chi connectivity index (χ4n) is 6.91. The molecule has 0 radical (unpaired) electrons. The van der Waals surface area contributed by atoms with Crippen molar-refractivity contribution in [3.8, 4) is 40.1 Å². The van der Waals surface area contributed by atoms with E-state index in [9.17, 15) is 81.1 Å². The maximum atomic E-state index is 14.2. The van der Waals surface area contributed by atoms with Crippen LogP contribution >= 0.6 is 0 Å². The predicted octanol–water partition coefficient (Wildman–Crippen LogP) is -3.10. The molecular weight excluding hydrogens is 884 g/mol. The Morgan fingerprint density at radius 3 is 1.83 bits per heavy atom. The number of carbonyl (C=O) groups is 1. The van der Waals surface area contributed by atoms with Crippen LogP contribution in [0.3, 0.4) is 0 Å². The summed E-state index contributed by atoms with van der Waals surface area (Å²) in [6, 6.07) is 12.8. The zero-order valence-electron chi connectivity index (χ0n) is 34.6. The first-order valence-corrected chi connectivity index (χ1v) is 20.2. The summed E-state index contributed by atoms with van der Waals surface area (Å²) in [6.07, 6.45) is -23.1. The van der Waals surface area contributed by atoms with Gasteiger partial charge in [0.15, 0.2) is 5.76 Å². The second-order valence-electron chi connectivity index (χ2n) is 15.6. The van der Waals surface area contributed by atoms with Gasteiger partial charge in [0.1, 0.15) is 95.0 Å². The van der Waals surface area contributed by atoms with Crippen molar-refractivity contribution < 1.29 is 109 Å². The van der Waals surface area contributed by atoms with Gasteiger partial charge in [-0.05, 0) is 48.0 Å². The second kappa shape index (κ2) is 21.4. The van der Waals surface area contributed by atoms with E-state index in [4.69, 9.17) is 32.8 Å². The van der Waals surface area contributed by atoms with Gasteiger partial charge in [0.25, 0.3) is 0 Å². The molecule has 1 aromatic heterocycles. The van der Waals surface area contributed by atoms with Gasteiger partial charge in [-0.15, -0.1) is 0 Å². The molecule has 14 N–H and O–H groups in total. The SMILES string of the molecule is CC(COC(=O)/C=C/c1ccc(O)cc1)[C@@H](O)C(O)C(O)C(O)Oc1c(-c2ccc(O[C@@H]3OC(CO)[C@@H](O)C(O)C3O)cc2)oc2cc(O[C@@H]3OC(CO)[C@@H](O)C(O)C3O)cc(O)c2c1=O. The van der Waals surface area contributed by atoms with Crippen LogP contribution in [-0.4, -0.2) is 183 Å². The van der Waals surface area contributed by atoms with Crippen LogP contribution in [0.5, 0.6) is 28.7 Å². The van der Waals surface area contributed by atoms with Crippen molar-refractivity contribution in [1.82, 2.24) is 0 Å². The molecule has 3 heterocycles. The van der Waals surface area contributed by atoms with Crippen LogP contribution in [0.2, 0.25) is 0 Å². The van der Waals surface area contributed by atoms with Crippen molar-refractivity contribution in [3.05, 3.63) is 82.5 Å². The number of aliphatic hydroxyl groups is 12. The lowest BCUT2D eigenvalue weighted by Crippen LogP contribution is -2.60. The molecule has 4 aromatic rings. The Balaban J connectivity index is 1.26. The van der Waals surface area contributed by atoms with Crippen LogP contribution < -0.4 is 19.6 Å². The summed E-state index contributed by atoms with van der Waals surface area (Å²) in [6.45, 7) is -0.639. The van der Waals surface area contributed by atoms with Crippen molar-refractivity contribution in [2.75, 3.05) is 19.8 Å². The fourth-order valence-corrected chi connectivity index (χ4v) is 6.91. The highest BCUT2D eigenvalue weighted by Gasteiger charge is 2.46. The van der Waals surface area contributed by atoms with E-state index in [0.717, 1.165) is 18.2 Å². The third kappa shape index (κ3) is 11.0. The summed E-state index contributed by atoms with van der Waals surface area (Å²) in [5.41, 5.74) is -1.10. The van der Waals surface area contributed by atoms with Crippen molar-refractivity contribution in [1.29, 1.82) is 0 Å². The number of benzene rings is 3. The fraction of sp³-hybridized carbons (Fsp3) is 0.442. The van der Waals surface area contributed by atoms with E-state index < -0.39 is 151 Å². The lowest BCUT2D eigenvalue weighted by molar-refractivity contribution is -0.277. The molecule has 0 bridgehead atoms. The molecular formula is C43H50O23. The number of aromatic hydroxyl groups is 2. The van der Waals surface area contributed by atoms with E-state index in [1.807, 2.05) is 0 Å². The Labute approximate surface area is 372 Å². The van der Waals surface area contributed by atoms with E-state index >= 15 is 0 Å². The average Bonchev–Trinajstić information content (AvgIpc) is 3.30. The minimum absolute atomic E-state index is 0.0176. The van der Waals surface area contributed by atoms with Gasteiger partial charge in [-0.3, -0.25) is 4.79 Å². The summed E-state index contributed by atoms with van der Waals surface area (Å²) in [5, 5.41) is 144. The summed E-state index contributed by atoms with van der Waals surface area (Å²) in [4.78, 5) is 26.5. The number of aliphatic hydroxyl groups excluding tert-OH is 12. The topological polar surface area (TPSA) is 386 Å². The predicted molar refractivity (Wildman–Crippen MR) is 220 cm³/mol. The Kier molecular flexibility index (Phi) is 16.2. The Hall–Kier alpha value is -5.48. The standard InChI is InChI=1S/C43H50O23/c1-17(16-60-27(48)11-4-18-2-7-20(46)8-3-18)29(49)33(53)36(56)41(59)66-40-32(52)28-23(47)12-22(62-43-38(58)35(55)31(51)26(15-45)65-43)13-24(28)63-39(40)19-5-9-21(10-6-19)61-42-37(57)34(54)30(50)25(14-44)64-42/h2-13,17,25-26,29-31,33-38,41-47,49-51,53-59H,14-16H2,1H3/b11-4+/t17?,25?,26?,29-,30-,31-,33?,34?,35?,36?,37?,38?,41?,42-,43-/m1/s1. The minimum atomic E-state index is -2.51. The van der Waals surface area contributed by atoms with Crippen molar-refractivity contribution in [2.24, 2.45) is 5.92 Å². The molecule has 2 aliphatic heterocycles. The summed E-state index contributed by atoms with van der Waals surface area (Å²) in [5.74, 6) is -4.49. The maximum absolute atomic E-state index is 14.2. The van der Waals surface area contributed by atoms with Gasteiger partial charge in [-0.1, -0.05) is 19.1 Å². The van der Waals surface area contributed by atoms with Crippen LogP contribution in [0.1, 0.15) is 12.5 Å². The molecule has 10 unspecified atom stereocenters. The molecule has 0 amide bonds. The zero-order chi connectivity index (χ0) is 48.1. The Morgan fingerprint density at radius 1 is 0.712 bits per heavy atom. The number of hydrogen-bond acceptors (Lipinski definition) is 23. The first-order valence-electron chi connectivity index (χ1n) is 20.2. The molecule has 0 saturated carbocycles. The van der Waals surface area contributed by atoms with Crippen molar-refractivity contribution in [3.63, 3.8) is 0 Å². The number of rotatable bonds is 17. The third-order valence-electron chi connectivity index (χ3n) is 10.8. The largest absolute Gasteiger partial charge is 0.508 e. The van der Waals surface area contributed by atoms with Crippen LogP contribution in [0.4, 0.5) is 0 Å². The van der Waals surface area contributed by atoms with E-state index in [2.05, 4.69) is 0 Å². The number of carbonyl (C=O) groups excluding carboxylic acids is 1. The third-order valence-corrected chi connectivity index (χ3v) is 10.8. The van der Waals surface area contributed by atoms with Gasteiger partial charge in [0.2, 0.25) is 30.0 Å². The van der Waals surface area contributed by atoms with Gasteiger partial charge < -0.3 is 104 Å². The summed E-state index contributed by atoms with van der Waals surface area (Å²) < 4.78 is 38.6. The van der Waals surface area contributed by atoms with Crippen molar-refractivity contribution >= 4 is 23.0 Å². The average molecular weight is 935 g/mol. The van der Waals surface area contributed by atoms with Gasteiger partial charge in [0.05, 0.1) is 25.9 Å². The van der Waals surface area contributed by atoms with Crippen LogP contribution in [0.15, 0.2) is 76.0 Å². The van der Waals surface area contributed by atoms with Crippen LogP contribution in [0.25, 0.3) is 28.4 Å². The number of phenolic OH excluding ortho intramolecular Hbond substituents is 2. The number of fused-ring (bicyclic) bond motifs is 1. The highest BCUT2D eigenvalue weighted by atomic mass is 16.7. The first-order chi connectivity index (χ1) is 31.3. The number of phenols is 2. The lowest BCUT2D eigenvalue weighted by atomic mass is 9.96. The van der Waals surface area contributed by atoms with E-state index in [0.29, 0.717) is 5.56 Å². The molecule has 15 atom stereocenters. The lowest BCUT2D eigenvalue weighted by Gasteiger charge is -2.39. The smallest absolute Gasteiger partial charge is 0.330 e. The summed E-state index contributed by atoms with van der Waals surface area (Å²) >= 11 is 0. The first kappa shape index (κ1) is 49.9.